The van der Waals surface area contributed by atoms with Crippen molar-refractivity contribution < 1.29 is 52.4 Å². The summed E-state index contributed by atoms with van der Waals surface area (Å²) in [5.74, 6) is 0.505. The van der Waals surface area contributed by atoms with Crippen LogP contribution < -0.4 is 39.4 Å². The number of ether oxygens (including phenoxy) is 1. The minimum absolute atomic E-state index is 0. The second-order valence-corrected chi connectivity index (χ2v) is 7.05. The van der Waals surface area contributed by atoms with Crippen molar-refractivity contribution in [2.45, 2.75) is 43.9 Å². The van der Waals surface area contributed by atoms with Crippen LogP contribution in [0, 0.1) is 0 Å². The fourth-order valence-electron chi connectivity index (χ4n) is 2.40. The van der Waals surface area contributed by atoms with Gasteiger partial charge in [-0.2, -0.15) is 8.42 Å². The number of hydrogen-bond donors (Lipinski definition) is 1. The Morgan fingerprint density at radius 3 is 2.52 bits per heavy atom. The molecule has 0 spiro atoms. The first-order valence-electron chi connectivity index (χ1n) is 7.95. The maximum atomic E-state index is 11.6. The van der Waals surface area contributed by atoms with Crippen LogP contribution in [0.4, 0.5) is 0 Å². The largest absolute Gasteiger partial charge is 1.00 e. The minimum Gasteiger partial charge on any atom is -0.872 e. The van der Waals surface area contributed by atoms with E-state index < -0.39 is 10.1 Å². The summed E-state index contributed by atoms with van der Waals surface area (Å²) in [7, 11) is -4.30. The van der Waals surface area contributed by atoms with Crippen LogP contribution in [0.2, 0.25) is 0 Å². The monoisotopic (exact) mass is 372 g/mol. The third-order valence-electron chi connectivity index (χ3n) is 3.67. The van der Waals surface area contributed by atoms with Crippen LogP contribution in [0.3, 0.4) is 0 Å². The van der Waals surface area contributed by atoms with E-state index in [9.17, 15) is 13.5 Å². The van der Waals surface area contributed by atoms with E-state index in [0.717, 1.165) is 37.7 Å². The summed E-state index contributed by atoms with van der Waals surface area (Å²) < 4.78 is 37.2. The van der Waals surface area contributed by atoms with E-state index in [1.807, 2.05) is 0 Å². The van der Waals surface area contributed by atoms with Gasteiger partial charge in [-0.05, 0) is 36.6 Å². The molecular weight excluding hydrogens is 351 g/mol. The van der Waals surface area contributed by atoms with Gasteiger partial charge in [-0.15, -0.1) is 5.75 Å². The molecular formula is C18H21NaO5S. The van der Waals surface area contributed by atoms with Gasteiger partial charge in [0.25, 0.3) is 10.1 Å². The fourth-order valence-corrected chi connectivity index (χ4v) is 2.92. The zero-order chi connectivity index (χ0) is 17.6. The summed E-state index contributed by atoms with van der Waals surface area (Å²) in [4.78, 5) is -0.247. The van der Waals surface area contributed by atoms with E-state index in [1.165, 1.54) is 30.3 Å². The zero-order valence-electron chi connectivity index (χ0n) is 14.6. The van der Waals surface area contributed by atoms with E-state index in [2.05, 4.69) is 6.92 Å². The smallest absolute Gasteiger partial charge is 0.872 e. The van der Waals surface area contributed by atoms with Gasteiger partial charge in [-0.3, -0.25) is 4.55 Å². The summed E-state index contributed by atoms with van der Waals surface area (Å²) in [6, 6.07) is 10.2. The molecule has 130 valence electrons. The molecule has 1 N–H and O–H groups in total. The Hall–Kier alpha value is -1.05. The molecule has 5 nitrogen and oxygen atoms in total. The van der Waals surface area contributed by atoms with E-state index in [1.54, 1.807) is 12.1 Å². The van der Waals surface area contributed by atoms with Gasteiger partial charge in [0.2, 0.25) is 0 Å². The molecule has 2 rings (SSSR count). The van der Waals surface area contributed by atoms with Crippen molar-refractivity contribution in [3.63, 3.8) is 0 Å². The molecule has 0 saturated carbocycles. The maximum absolute atomic E-state index is 11.6. The third kappa shape index (κ3) is 6.99. The SMILES string of the molecule is CCCCCCc1ccc([O-])cc1Oc1cccc(S(=O)(=O)O)c1.[Na+]. The Bertz CT molecular complexity index is 790. The first kappa shape index (κ1) is 22.0. The van der Waals surface area contributed by atoms with Crippen LogP contribution in [0.5, 0.6) is 17.2 Å². The molecule has 0 unspecified atom stereocenters. The van der Waals surface area contributed by atoms with Crippen molar-refractivity contribution in [2.24, 2.45) is 0 Å². The predicted octanol–water partition coefficient (Wildman–Crippen LogP) is 0.926. The van der Waals surface area contributed by atoms with Crippen molar-refractivity contribution >= 4 is 10.1 Å². The number of aryl methyl sites for hydroxylation is 1. The second-order valence-electron chi connectivity index (χ2n) is 5.63. The molecule has 25 heavy (non-hydrogen) atoms. The molecule has 0 aliphatic rings. The average Bonchev–Trinajstić information content (AvgIpc) is 2.53. The maximum Gasteiger partial charge on any atom is 1.00 e. The second kappa shape index (κ2) is 10.2. The Balaban J connectivity index is 0.00000312. The molecule has 0 bridgehead atoms. The summed E-state index contributed by atoms with van der Waals surface area (Å²) >= 11 is 0. The Morgan fingerprint density at radius 1 is 1.08 bits per heavy atom. The molecule has 0 aromatic heterocycles. The van der Waals surface area contributed by atoms with Crippen molar-refractivity contribution in [2.75, 3.05) is 0 Å². The summed E-state index contributed by atoms with van der Waals surface area (Å²) in [5, 5.41) is 11.6. The molecule has 2 aromatic rings. The number of rotatable bonds is 8. The van der Waals surface area contributed by atoms with Crippen LogP contribution in [-0.4, -0.2) is 13.0 Å². The number of hydrogen-bond acceptors (Lipinski definition) is 4. The molecule has 0 amide bonds. The molecule has 0 heterocycles. The molecule has 0 atom stereocenters. The van der Waals surface area contributed by atoms with Crippen LogP contribution >= 0.6 is 0 Å². The third-order valence-corrected chi connectivity index (χ3v) is 4.52. The molecule has 0 aliphatic carbocycles. The van der Waals surface area contributed by atoms with E-state index in [4.69, 9.17) is 9.29 Å². The van der Waals surface area contributed by atoms with E-state index >= 15 is 0 Å². The number of unbranched alkanes of at least 4 members (excludes halogenated alkanes) is 3. The van der Waals surface area contributed by atoms with Crippen molar-refractivity contribution in [3.05, 3.63) is 48.0 Å². The molecule has 0 saturated heterocycles. The topological polar surface area (TPSA) is 86.7 Å². The first-order chi connectivity index (χ1) is 11.4. The normalized spacial score (nSPS) is 11.0. The van der Waals surface area contributed by atoms with Crippen LogP contribution in [0.1, 0.15) is 38.2 Å². The molecule has 0 aliphatic heterocycles. The van der Waals surface area contributed by atoms with Crippen molar-refractivity contribution in [1.82, 2.24) is 0 Å². The van der Waals surface area contributed by atoms with Gasteiger partial charge in [-0.25, -0.2) is 0 Å². The van der Waals surface area contributed by atoms with Crippen molar-refractivity contribution in [1.29, 1.82) is 0 Å². The molecule has 0 fully saturated rings. The summed E-state index contributed by atoms with van der Waals surface area (Å²) in [6.45, 7) is 2.14. The number of benzene rings is 2. The van der Waals surface area contributed by atoms with Gasteiger partial charge in [0.1, 0.15) is 11.5 Å². The van der Waals surface area contributed by atoms with E-state index in [0.29, 0.717) is 5.75 Å². The molecule has 2 aromatic carbocycles. The Kier molecular flexibility index (Phi) is 8.96. The van der Waals surface area contributed by atoms with Crippen LogP contribution in [0.25, 0.3) is 0 Å². The van der Waals surface area contributed by atoms with Crippen molar-refractivity contribution in [3.8, 4) is 17.2 Å². The fraction of sp³-hybridized carbons (Fsp3) is 0.333. The van der Waals surface area contributed by atoms with Gasteiger partial charge in [0.05, 0.1) is 4.90 Å². The standard InChI is InChI=1S/C18H22O5S.Na/c1-2-3-4-5-7-14-10-11-15(19)12-18(14)23-16-8-6-9-17(13-16)24(20,21)22;/h6,8-13,19H,2-5,7H2,1H3,(H,20,21,22);/q;+1/p-1. The van der Waals surface area contributed by atoms with Gasteiger partial charge >= 0.3 is 29.6 Å². The minimum atomic E-state index is -4.30. The van der Waals surface area contributed by atoms with Crippen LogP contribution in [-0.2, 0) is 16.5 Å². The van der Waals surface area contributed by atoms with E-state index in [-0.39, 0.29) is 46.0 Å². The molecule has 7 heteroatoms. The summed E-state index contributed by atoms with van der Waals surface area (Å²) in [6.07, 6.45) is 5.19. The van der Waals surface area contributed by atoms with Gasteiger partial charge in [0.15, 0.2) is 0 Å². The van der Waals surface area contributed by atoms with Gasteiger partial charge in [-0.1, -0.05) is 44.4 Å². The Morgan fingerprint density at radius 2 is 1.84 bits per heavy atom. The van der Waals surface area contributed by atoms with Gasteiger partial charge in [0, 0.05) is 6.07 Å². The summed E-state index contributed by atoms with van der Waals surface area (Å²) in [5.41, 5.74) is 0.906. The predicted molar refractivity (Wildman–Crippen MR) is 90.1 cm³/mol. The Labute approximate surface area is 171 Å². The average molecular weight is 372 g/mol. The molecule has 0 radical (unpaired) electrons. The zero-order valence-corrected chi connectivity index (χ0v) is 17.4. The van der Waals surface area contributed by atoms with Crippen LogP contribution in [0.15, 0.2) is 47.4 Å². The first-order valence-corrected chi connectivity index (χ1v) is 9.39. The van der Waals surface area contributed by atoms with Gasteiger partial charge < -0.3 is 9.84 Å². The quantitative estimate of drug-likeness (QED) is 0.423.